The van der Waals surface area contributed by atoms with Gasteiger partial charge in [0.2, 0.25) is 0 Å². The summed E-state index contributed by atoms with van der Waals surface area (Å²) in [5.74, 6) is 0.264. The molecule has 108 valence electrons. The van der Waals surface area contributed by atoms with E-state index in [9.17, 15) is 4.79 Å². The summed E-state index contributed by atoms with van der Waals surface area (Å²) in [6.07, 6.45) is 0.939. The average molecular weight is 285 g/mol. The standard InChI is InChI=1S/C12H23N5OS/c1-15(2)7-6-8-17(5)11(18)9-10(13)14-12(19-9)16(3)4/h6-8,13H2,1-5H3. The number of aromatic nitrogens is 1. The van der Waals surface area contributed by atoms with Crippen LogP contribution in [0.25, 0.3) is 0 Å². The fraction of sp³-hybridized carbons (Fsp3) is 0.667. The number of hydrogen-bond acceptors (Lipinski definition) is 6. The first-order valence-corrected chi connectivity index (χ1v) is 6.98. The molecule has 0 bridgehead atoms. The third-order valence-electron chi connectivity index (χ3n) is 2.66. The molecule has 1 aromatic rings. The van der Waals surface area contributed by atoms with Crippen molar-refractivity contribution < 1.29 is 4.79 Å². The van der Waals surface area contributed by atoms with Gasteiger partial charge in [-0.2, -0.15) is 0 Å². The van der Waals surface area contributed by atoms with Crippen LogP contribution in [0.15, 0.2) is 0 Å². The number of nitrogens with zero attached hydrogens (tertiary/aromatic N) is 4. The van der Waals surface area contributed by atoms with E-state index in [0.717, 1.165) is 18.1 Å². The Hall–Kier alpha value is -1.34. The fourth-order valence-corrected chi connectivity index (χ4v) is 2.47. The molecule has 0 unspecified atom stereocenters. The van der Waals surface area contributed by atoms with Gasteiger partial charge in [-0.3, -0.25) is 4.79 Å². The SMILES string of the molecule is CN(C)CCCN(C)C(=O)c1sc(N(C)C)nc1N. The number of nitrogen functional groups attached to an aromatic ring is 1. The van der Waals surface area contributed by atoms with Crippen LogP contribution in [0.3, 0.4) is 0 Å². The molecule has 1 rings (SSSR count). The topological polar surface area (TPSA) is 65.7 Å². The number of hydrogen-bond donors (Lipinski definition) is 1. The molecular formula is C12H23N5OS. The number of thiazole rings is 1. The fourth-order valence-electron chi connectivity index (χ4n) is 1.56. The number of anilines is 2. The summed E-state index contributed by atoms with van der Waals surface area (Å²) in [5.41, 5.74) is 5.81. The minimum absolute atomic E-state index is 0.0538. The van der Waals surface area contributed by atoms with Crippen LogP contribution in [0.1, 0.15) is 16.1 Å². The molecule has 1 amide bonds. The Kier molecular flexibility index (Phi) is 5.56. The molecule has 0 spiro atoms. The lowest BCUT2D eigenvalue weighted by molar-refractivity contribution is 0.0796. The van der Waals surface area contributed by atoms with Gasteiger partial charge < -0.3 is 20.4 Å². The van der Waals surface area contributed by atoms with Crippen molar-refractivity contribution >= 4 is 28.2 Å². The molecule has 19 heavy (non-hydrogen) atoms. The maximum Gasteiger partial charge on any atom is 0.267 e. The first-order valence-electron chi connectivity index (χ1n) is 6.16. The smallest absolute Gasteiger partial charge is 0.267 e. The number of nitrogens with two attached hydrogens (primary N) is 1. The Balaban J connectivity index is 2.66. The minimum Gasteiger partial charge on any atom is -0.382 e. The van der Waals surface area contributed by atoms with Crippen LogP contribution in [0.2, 0.25) is 0 Å². The lowest BCUT2D eigenvalue weighted by Crippen LogP contribution is -2.29. The van der Waals surface area contributed by atoms with E-state index in [1.165, 1.54) is 11.3 Å². The lowest BCUT2D eigenvalue weighted by Gasteiger charge is -2.17. The minimum atomic E-state index is -0.0538. The van der Waals surface area contributed by atoms with Crippen molar-refractivity contribution in [2.45, 2.75) is 6.42 Å². The van der Waals surface area contributed by atoms with E-state index in [4.69, 9.17) is 5.73 Å². The maximum atomic E-state index is 12.3. The molecule has 0 saturated carbocycles. The predicted octanol–water partition coefficient (Wildman–Crippen LogP) is 0.815. The highest BCUT2D eigenvalue weighted by Gasteiger charge is 2.20. The normalized spacial score (nSPS) is 10.8. The van der Waals surface area contributed by atoms with Gasteiger partial charge in [0, 0.05) is 27.7 Å². The zero-order valence-corrected chi connectivity index (χ0v) is 13.1. The van der Waals surface area contributed by atoms with Gasteiger partial charge in [0.05, 0.1) is 0 Å². The van der Waals surface area contributed by atoms with Crippen LogP contribution in [0.5, 0.6) is 0 Å². The average Bonchev–Trinajstić information content (AvgIpc) is 2.70. The van der Waals surface area contributed by atoms with Crippen molar-refractivity contribution in [1.82, 2.24) is 14.8 Å². The molecule has 1 aromatic heterocycles. The zero-order chi connectivity index (χ0) is 14.6. The van der Waals surface area contributed by atoms with Crippen LogP contribution in [0.4, 0.5) is 10.9 Å². The third kappa shape index (κ3) is 4.36. The van der Waals surface area contributed by atoms with Crippen molar-refractivity contribution in [1.29, 1.82) is 0 Å². The molecule has 0 aliphatic rings. The van der Waals surface area contributed by atoms with E-state index >= 15 is 0 Å². The highest BCUT2D eigenvalue weighted by atomic mass is 32.1. The Morgan fingerprint density at radius 2 is 1.84 bits per heavy atom. The first-order chi connectivity index (χ1) is 8.82. The van der Waals surface area contributed by atoms with Crippen molar-refractivity contribution in [3.8, 4) is 0 Å². The zero-order valence-electron chi connectivity index (χ0n) is 12.3. The summed E-state index contributed by atoms with van der Waals surface area (Å²) in [6.45, 7) is 1.67. The quantitative estimate of drug-likeness (QED) is 0.838. The van der Waals surface area contributed by atoms with E-state index in [0.29, 0.717) is 17.2 Å². The summed E-state index contributed by atoms with van der Waals surface area (Å²) >= 11 is 1.33. The summed E-state index contributed by atoms with van der Waals surface area (Å²) in [5, 5.41) is 0.752. The number of carbonyl (C=O) groups excluding carboxylic acids is 1. The summed E-state index contributed by atoms with van der Waals surface area (Å²) in [6, 6.07) is 0. The number of rotatable bonds is 6. The molecule has 6 nitrogen and oxygen atoms in total. The van der Waals surface area contributed by atoms with Gasteiger partial charge in [-0.25, -0.2) is 4.98 Å². The Bertz CT molecular complexity index is 430. The monoisotopic (exact) mass is 285 g/mol. The highest BCUT2D eigenvalue weighted by molar-refractivity contribution is 7.18. The van der Waals surface area contributed by atoms with Crippen LogP contribution < -0.4 is 10.6 Å². The Morgan fingerprint density at radius 3 is 2.32 bits per heavy atom. The molecule has 0 aromatic carbocycles. The van der Waals surface area contributed by atoms with Gasteiger partial charge in [-0.15, -0.1) is 0 Å². The van der Waals surface area contributed by atoms with E-state index in [1.807, 2.05) is 33.1 Å². The van der Waals surface area contributed by atoms with Gasteiger partial charge >= 0.3 is 0 Å². The molecule has 7 heteroatoms. The lowest BCUT2D eigenvalue weighted by atomic mass is 10.3. The molecule has 0 atom stereocenters. The second-order valence-electron chi connectivity index (χ2n) is 4.99. The highest BCUT2D eigenvalue weighted by Crippen LogP contribution is 2.27. The molecule has 1 heterocycles. The van der Waals surface area contributed by atoms with Crippen molar-refractivity contribution in [2.75, 3.05) is 59.0 Å². The first kappa shape index (κ1) is 15.7. The molecule has 0 fully saturated rings. The van der Waals surface area contributed by atoms with Crippen LogP contribution in [-0.2, 0) is 0 Å². The largest absolute Gasteiger partial charge is 0.382 e. The van der Waals surface area contributed by atoms with Crippen LogP contribution in [0, 0.1) is 0 Å². The Labute approximate surface area is 118 Å². The molecule has 2 N–H and O–H groups in total. The van der Waals surface area contributed by atoms with Crippen molar-refractivity contribution in [2.24, 2.45) is 0 Å². The molecule has 0 radical (unpaired) electrons. The van der Waals surface area contributed by atoms with E-state index in [-0.39, 0.29) is 5.91 Å². The second-order valence-corrected chi connectivity index (χ2v) is 5.97. The van der Waals surface area contributed by atoms with Gasteiger partial charge in [0.15, 0.2) is 5.13 Å². The van der Waals surface area contributed by atoms with Crippen molar-refractivity contribution in [3.05, 3.63) is 4.88 Å². The van der Waals surface area contributed by atoms with Gasteiger partial charge in [-0.1, -0.05) is 11.3 Å². The summed E-state index contributed by atoms with van der Waals surface area (Å²) in [4.78, 5) is 22.6. The maximum absolute atomic E-state index is 12.3. The van der Waals surface area contributed by atoms with Crippen molar-refractivity contribution in [3.63, 3.8) is 0 Å². The van der Waals surface area contributed by atoms with Crippen LogP contribution in [-0.4, -0.2) is 69.0 Å². The van der Waals surface area contributed by atoms with Gasteiger partial charge in [0.1, 0.15) is 10.7 Å². The van der Waals surface area contributed by atoms with E-state index < -0.39 is 0 Å². The van der Waals surface area contributed by atoms with Crippen LogP contribution >= 0.6 is 11.3 Å². The molecule has 0 aliphatic carbocycles. The molecule has 0 aliphatic heterocycles. The second kappa shape index (κ2) is 6.72. The van der Waals surface area contributed by atoms with E-state index in [1.54, 1.807) is 11.9 Å². The third-order valence-corrected chi connectivity index (χ3v) is 3.89. The number of amides is 1. The predicted molar refractivity (Wildman–Crippen MR) is 81.0 cm³/mol. The van der Waals surface area contributed by atoms with E-state index in [2.05, 4.69) is 9.88 Å². The molecular weight excluding hydrogens is 262 g/mol. The van der Waals surface area contributed by atoms with Gasteiger partial charge in [-0.05, 0) is 27.1 Å². The molecule has 0 saturated heterocycles. The summed E-state index contributed by atoms with van der Waals surface area (Å²) in [7, 11) is 9.60. The number of carbonyl (C=O) groups is 1. The Morgan fingerprint density at radius 1 is 1.21 bits per heavy atom. The van der Waals surface area contributed by atoms with Gasteiger partial charge in [0.25, 0.3) is 5.91 Å². The summed E-state index contributed by atoms with van der Waals surface area (Å²) < 4.78 is 0.